The Morgan fingerprint density at radius 2 is 1.45 bits per heavy atom. The molecular formula is C28H28N4O6. The van der Waals surface area contributed by atoms with E-state index in [1.807, 2.05) is 6.92 Å². The molecule has 0 aromatic heterocycles. The normalized spacial score (nSPS) is 10.3. The summed E-state index contributed by atoms with van der Waals surface area (Å²) in [5.41, 5.74) is 3.69. The zero-order chi connectivity index (χ0) is 27.2. The first kappa shape index (κ1) is 27.5. The van der Waals surface area contributed by atoms with Crippen molar-refractivity contribution in [2.45, 2.75) is 6.92 Å². The number of nitrogens with zero attached hydrogens (tertiary/aromatic N) is 1. The predicted octanol–water partition coefficient (Wildman–Crippen LogP) is 3.76. The van der Waals surface area contributed by atoms with Gasteiger partial charge in [-0.3, -0.25) is 14.4 Å². The number of hydrogen-bond acceptors (Lipinski definition) is 7. The maximum absolute atomic E-state index is 12.3. The Balaban J connectivity index is 1.48. The number of benzene rings is 3. The molecule has 10 heteroatoms. The van der Waals surface area contributed by atoms with Gasteiger partial charge in [0.25, 0.3) is 5.91 Å². The van der Waals surface area contributed by atoms with Crippen LogP contribution in [0.5, 0.6) is 17.2 Å². The first-order valence-corrected chi connectivity index (χ1v) is 11.7. The van der Waals surface area contributed by atoms with Crippen molar-refractivity contribution in [3.05, 3.63) is 91.0 Å². The summed E-state index contributed by atoms with van der Waals surface area (Å²) in [7, 11) is 0. The summed E-state index contributed by atoms with van der Waals surface area (Å²) in [5, 5.41) is 9.03. The van der Waals surface area contributed by atoms with Gasteiger partial charge in [0, 0.05) is 16.9 Å². The molecule has 3 aromatic carbocycles. The second-order valence-corrected chi connectivity index (χ2v) is 7.61. The molecule has 0 unspecified atom stereocenters. The van der Waals surface area contributed by atoms with Crippen LogP contribution in [-0.2, 0) is 14.4 Å². The molecule has 0 saturated heterocycles. The SMILES string of the molecule is C=CCOc1ccc(NC(=O)C(=O)N/N=C\c2ccccc2OCC(=O)Nc2ccc(OCC)cc2)cc1. The molecule has 3 aromatic rings. The van der Waals surface area contributed by atoms with Crippen molar-refractivity contribution in [1.82, 2.24) is 5.43 Å². The van der Waals surface area contributed by atoms with Crippen LogP contribution in [0.1, 0.15) is 12.5 Å². The molecule has 0 heterocycles. The minimum Gasteiger partial charge on any atom is -0.494 e. The molecule has 10 nitrogen and oxygen atoms in total. The molecule has 196 valence electrons. The zero-order valence-electron chi connectivity index (χ0n) is 20.8. The monoisotopic (exact) mass is 516 g/mol. The lowest BCUT2D eigenvalue weighted by Crippen LogP contribution is -2.32. The van der Waals surface area contributed by atoms with Crippen LogP contribution in [0.15, 0.2) is 90.6 Å². The Kier molecular flexibility index (Phi) is 10.4. The van der Waals surface area contributed by atoms with Gasteiger partial charge in [-0.05, 0) is 67.6 Å². The summed E-state index contributed by atoms with van der Waals surface area (Å²) in [6, 6.07) is 20.3. The number of anilines is 2. The van der Waals surface area contributed by atoms with Crippen LogP contribution >= 0.6 is 0 Å². The highest BCUT2D eigenvalue weighted by Crippen LogP contribution is 2.18. The number of nitrogens with one attached hydrogen (secondary N) is 3. The molecule has 3 amide bonds. The lowest BCUT2D eigenvalue weighted by molar-refractivity contribution is -0.136. The minimum atomic E-state index is -0.957. The molecule has 0 fully saturated rings. The molecule has 0 atom stereocenters. The fraction of sp³-hybridized carbons (Fsp3) is 0.143. The first-order valence-electron chi connectivity index (χ1n) is 11.7. The summed E-state index contributed by atoms with van der Waals surface area (Å²) in [5.74, 6) is -0.518. The van der Waals surface area contributed by atoms with Crippen LogP contribution in [-0.4, -0.2) is 43.8 Å². The van der Waals surface area contributed by atoms with E-state index in [1.54, 1.807) is 78.9 Å². The molecular weight excluding hydrogens is 488 g/mol. The molecule has 0 radical (unpaired) electrons. The minimum absolute atomic E-state index is 0.246. The van der Waals surface area contributed by atoms with Gasteiger partial charge in [-0.15, -0.1) is 0 Å². The van der Waals surface area contributed by atoms with Crippen molar-refractivity contribution in [3.63, 3.8) is 0 Å². The van der Waals surface area contributed by atoms with Gasteiger partial charge in [-0.2, -0.15) is 5.10 Å². The van der Waals surface area contributed by atoms with Crippen LogP contribution in [0.4, 0.5) is 11.4 Å². The Hall–Kier alpha value is -5.12. The highest BCUT2D eigenvalue weighted by Gasteiger charge is 2.13. The molecule has 0 bridgehead atoms. The Morgan fingerprint density at radius 3 is 2.11 bits per heavy atom. The second-order valence-electron chi connectivity index (χ2n) is 7.61. The lowest BCUT2D eigenvalue weighted by Gasteiger charge is -2.10. The fourth-order valence-corrected chi connectivity index (χ4v) is 3.05. The molecule has 0 aliphatic carbocycles. The van der Waals surface area contributed by atoms with Gasteiger partial charge in [0.1, 0.15) is 23.9 Å². The molecule has 3 rings (SSSR count). The number of ether oxygens (including phenoxy) is 3. The summed E-state index contributed by atoms with van der Waals surface area (Å²) in [6.45, 7) is 6.13. The van der Waals surface area contributed by atoms with Crippen LogP contribution in [0.2, 0.25) is 0 Å². The van der Waals surface area contributed by atoms with Crippen molar-refractivity contribution >= 4 is 35.3 Å². The smallest absolute Gasteiger partial charge is 0.329 e. The van der Waals surface area contributed by atoms with Crippen LogP contribution < -0.4 is 30.3 Å². The summed E-state index contributed by atoms with van der Waals surface area (Å²) < 4.78 is 16.4. The predicted molar refractivity (Wildman–Crippen MR) is 145 cm³/mol. The topological polar surface area (TPSA) is 127 Å². The molecule has 0 spiro atoms. The van der Waals surface area contributed by atoms with Gasteiger partial charge in [0.15, 0.2) is 6.61 Å². The summed E-state index contributed by atoms with van der Waals surface area (Å²) in [6.07, 6.45) is 2.93. The summed E-state index contributed by atoms with van der Waals surface area (Å²) in [4.78, 5) is 36.5. The van der Waals surface area contributed by atoms with Gasteiger partial charge in [-0.25, -0.2) is 5.43 Å². The highest BCUT2D eigenvalue weighted by molar-refractivity contribution is 6.39. The second kappa shape index (κ2) is 14.4. The van der Waals surface area contributed by atoms with E-state index in [9.17, 15) is 14.4 Å². The van der Waals surface area contributed by atoms with E-state index in [1.165, 1.54) is 6.21 Å². The average Bonchev–Trinajstić information content (AvgIpc) is 2.93. The highest BCUT2D eigenvalue weighted by atomic mass is 16.5. The maximum Gasteiger partial charge on any atom is 0.329 e. The number of amides is 3. The van der Waals surface area contributed by atoms with Crippen LogP contribution in [0.25, 0.3) is 0 Å². The molecule has 38 heavy (non-hydrogen) atoms. The third-order valence-corrected chi connectivity index (χ3v) is 4.78. The third kappa shape index (κ3) is 8.83. The molecule has 0 saturated carbocycles. The fourth-order valence-electron chi connectivity index (χ4n) is 3.05. The molecule has 0 aliphatic rings. The molecule has 0 aliphatic heterocycles. The van der Waals surface area contributed by atoms with Crippen molar-refractivity contribution in [1.29, 1.82) is 0 Å². The van der Waals surface area contributed by atoms with Gasteiger partial charge >= 0.3 is 11.8 Å². The Bertz CT molecular complexity index is 1270. The number of carbonyl (C=O) groups is 3. The molecule has 3 N–H and O–H groups in total. The number of hydrazone groups is 1. The van der Waals surface area contributed by atoms with Crippen molar-refractivity contribution in [2.24, 2.45) is 5.10 Å². The van der Waals surface area contributed by atoms with Crippen molar-refractivity contribution in [2.75, 3.05) is 30.5 Å². The largest absolute Gasteiger partial charge is 0.494 e. The van der Waals surface area contributed by atoms with Gasteiger partial charge in [0.2, 0.25) is 0 Å². The average molecular weight is 517 g/mol. The quantitative estimate of drug-likeness (QED) is 0.146. The van der Waals surface area contributed by atoms with Crippen molar-refractivity contribution < 1.29 is 28.6 Å². The van der Waals surface area contributed by atoms with Gasteiger partial charge in [-0.1, -0.05) is 24.8 Å². The van der Waals surface area contributed by atoms with Crippen LogP contribution in [0.3, 0.4) is 0 Å². The number of carbonyl (C=O) groups excluding carboxylic acids is 3. The van der Waals surface area contributed by atoms with Crippen LogP contribution in [0, 0.1) is 0 Å². The van der Waals surface area contributed by atoms with E-state index in [2.05, 4.69) is 27.7 Å². The number of rotatable bonds is 12. The number of hydrogen-bond donors (Lipinski definition) is 3. The van der Waals surface area contributed by atoms with E-state index < -0.39 is 11.8 Å². The number of para-hydroxylation sites is 1. The van der Waals surface area contributed by atoms with E-state index >= 15 is 0 Å². The van der Waals surface area contributed by atoms with E-state index in [0.29, 0.717) is 47.4 Å². The Morgan fingerprint density at radius 1 is 0.816 bits per heavy atom. The van der Waals surface area contributed by atoms with Gasteiger partial charge in [0.05, 0.1) is 12.8 Å². The lowest BCUT2D eigenvalue weighted by atomic mass is 10.2. The van der Waals surface area contributed by atoms with Gasteiger partial charge < -0.3 is 24.8 Å². The van der Waals surface area contributed by atoms with Crippen molar-refractivity contribution in [3.8, 4) is 17.2 Å². The third-order valence-electron chi connectivity index (χ3n) is 4.78. The summed E-state index contributed by atoms with van der Waals surface area (Å²) >= 11 is 0. The first-order chi connectivity index (χ1) is 18.5. The Labute approximate surface area is 220 Å². The van der Waals surface area contributed by atoms with E-state index in [-0.39, 0.29) is 12.5 Å². The van der Waals surface area contributed by atoms with E-state index in [0.717, 1.165) is 0 Å². The zero-order valence-corrected chi connectivity index (χ0v) is 20.8. The maximum atomic E-state index is 12.3. The van der Waals surface area contributed by atoms with E-state index in [4.69, 9.17) is 14.2 Å². The standard InChI is InChI=1S/C28H28N4O6/c1-3-17-37-24-15-11-22(12-16-24)31-27(34)28(35)32-29-18-20-7-5-6-8-25(20)38-19-26(33)30-21-9-13-23(14-10-21)36-4-2/h3,5-16,18H,1,4,17,19H2,2H3,(H,30,33)(H,31,34)(H,32,35)/b29-18-.